The number of methoxy groups -OCH3 is 1. The molecule has 1 aliphatic rings. The summed E-state index contributed by atoms with van der Waals surface area (Å²) < 4.78 is 23.2. The van der Waals surface area contributed by atoms with Crippen LogP contribution in [0.3, 0.4) is 0 Å². The maximum Gasteiger partial charge on any atom is 0.231 e. The van der Waals surface area contributed by atoms with Crippen molar-refractivity contribution in [2.45, 2.75) is 39.5 Å². The molecule has 0 atom stereocenters. The molecule has 3 rings (SSSR count). The zero-order valence-corrected chi connectivity index (χ0v) is 17.1. The van der Waals surface area contributed by atoms with Gasteiger partial charge in [-0.05, 0) is 72.1 Å². The van der Waals surface area contributed by atoms with Gasteiger partial charge >= 0.3 is 0 Å². The van der Waals surface area contributed by atoms with Crippen LogP contribution >= 0.6 is 15.9 Å². The number of fused-ring (bicyclic) bond motifs is 1. The Morgan fingerprint density at radius 2 is 1.85 bits per heavy atom. The Morgan fingerprint density at radius 3 is 2.58 bits per heavy atom. The molecule has 0 spiro atoms. The minimum absolute atomic E-state index is 0.0498. The molecule has 1 N–H and O–H groups in total. The van der Waals surface area contributed by atoms with Gasteiger partial charge in [0.2, 0.25) is 6.79 Å². The molecule has 0 bridgehead atoms. The highest BCUT2D eigenvalue weighted by molar-refractivity contribution is 9.10. The van der Waals surface area contributed by atoms with Crippen LogP contribution in [0.15, 0.2) is 34.8 Å². The van der Waals surface area contributed by atoms with Gasteiger partial charge in [0.05, 0.1) is 11.6 Å². The van der Waals surface area contributed by atoms with Gasteiger partial charge in [-0.1, -0.05) is 6.07 Å². The van der Waals surface area contributed by atoms with Crippen LogP contribution in [0.2, 0.25) is 0 Å². The molecule has 2 aromatic carbocycles. The number of hydrogen-bond donors (Lipinski definition) is 1. The van der Waals surface area contributed by atoms with E-state index in [9.17, 15) is 0 Å². The minimum Gasteiger partial charge on any atom is -0.493 e. The first-order valence-corrected chi connectivity index (χ1v) is 9.28. The highest BCUT2D eigenvalue weighted by atomic mass is 79.9. The second-order valence-corrected chi connectivity index (χ2v) is 8.04. The van der Waals surface area contributed by atoms with Crippen molar-refractivity contribution in [3.63, 3.8) is 0 Å². The van der Waals surface area contributed by atoms with Gasteiger partial charge in [0, 0.05) is 12.1 Å². The van der Waals surface area contributed by atoms with E-state index in [1.165, 1.54) is 0 Å². The number of hydrogen-bond acceptors (Lipinski definition) is 5. The van der Waals surface area contributed by atoms with Gasteiger partial charge in [-0.2, -0.15) is 0 Å². The van der Waals surface area contributed by atoms with Gasteiger partial charge in [-0.3, -0.25) is 0 Å². The van der Waals surface area contributed by atoms with Crippen LogP contribution in [-0.4, -0.2) is 19.4 Å². The first-order valence-electron chi connectivity index (χ1n) is 8.48. The molecule has 1 heterocycles. The van der Waals surface area contributed by atoms with Crippen molar-refractivity contribution in [2.24, 2.45) is 0 Å². The molecule has 0 amide bonds. The standard InChI is InChI=1S/C20H24BrNO4/c1-20(2,3)22-10-14-7-15(21)19(18(9-14)23-4)24-11-13-5-6-16-17(8-13)26-12-25-16/h5-9,22H,10-12H2,1-4H3. The van der Waals surface area contributed by atoms with Gasteiger partial charge in [0.25, 0.3) is 0 Å². The lowest BCUT2D eigenvalue weighted by molar-refractivity contribution is 0.174. The predicted octanol–water partition coefficient (Wildman–Crippen LogP) is 4.65. The number of ether oxygens (including phenoxy) is 4. The first kappa shape index (κ1) is 18.9. The number of halogens is 1. The molecule has 0 radical (unpaired) electrons. The summed E-state index contributed by atoms with van der Waals surface area (Å²) in [6.07, 6.45) is 0. The van der Waals surface area contributed by atoms with E-state index in [1.807, 2.05) is 24.3 Å². The van der Waals surface area contributed by atoms with Crippen LogP contribution in [-0.2, 0) is 13.2 Å². The average Bonchev–Trinajstić information content (AvgIpc) is 3.05. The van der Waals surface area contributed by atoms with E-state index in [0.29, 0.717) is 18.1 Å². The first-order chi connectivity index (χ1) is 12.4. The molecular weight excluding hydrogens is 398 g/mol. The van der Waals surface area contributed by atoms with Gasteiger partial charge in [-0.25, -0.2) is 0 Å². The third-order valence-corrected chi connectivity index (χ3v) is 4.52. The Hall–Kier alpha value is -1.92. The lowest BCUT2D eigenvalue weighted by atomic mass is 10.1. The SMILES string of the molecule is COc1cc(CNC(C)(C)C)cc(Br)c1OCc1ccc2c(c1)OCO2. The van der Waals surface area contributed by atoms with Gasteiger partial charge < -0.3 is 24.3 Å². The van der Waals surface area contributed by atoms with E-state index in [4.69, 9.17) is 18.9 Å². The summed E-state index contributed by atoms with van der Waals surface area (Å²) in [6.45, 7) is 7.85. The zero-order chi connectivity index (χ0) is 18.7. The number of nitrogens with one attached hydrogen (secondary N) is 1. The van der Waals surface area contributed by atoms with E-state index in [0.717, 1.165) is 33.6 Å². The predicted molar refractivity (Wildman–Crippen MR) is 104 cm³/mol. The van der Waals surface area contributed by atoms with Crippen LogP contribution in [0.5, 0.6) is 23.0 Å². The molecule has 0 saturated heterocycles. The van der Waals surface area contributed by atoms with Crippen LogP contribution in [0.4, 0.5) is 0 Å². The monoisotopic (exact) mass is 421 g/mol. The van der Waals surface area contributed by atoms with E-state index in [-0.39, 0.29) is 12.3 Å². The van der Waals surface area contributed by atoms with E-state index >= 15 is 0 Å². The van der Waals surface area contributed by atoms with Crippen LogP contribution in [0, 0.1) is 0 Å². The highest BCUT2D eigenvalue weighted by Gasteiger charge is 2.16. The van der Waals surface area contributed by atoms with Gasteiger partial charge in [0.15, 0.2) is 23.0 Å². The van der Waals surface area contributed by atoms with E-state index < -0.39 is 0 Å². The molecule has 0 aromatic heterocycles. The summed E-state index contributed by atoms with van der Waals surface area (Å²) >= 11 is 3.61. The van der Waals surface area contributed by atoms with Gasteiger partial charge in [0.1, 0.15) is 6.61 Å². The Morgan fingerprint density at radius 1 is 1.08 bits per heavy atom. The van der Waals surface area contributed by atoms with Crippen molar-refractivity contribution in [2.75, 3.05) is 13.9 Å². The summed E-state index contributed by atoms with van der Waals surface area (Å²) in [5.74, 6) is 2.90. The molecule has 26 heavy (non-hydrogen) atoms. The third kappa shape index (κ3) is 4.62. The fourth-order valence-corrected chi connectivity index (χ4v) is 3.17. The van der Waals surface area contributed by atoms with E-state index in [2.05, 4.69) is 48.1 Å². The lowest BCUT2D eigenvalue weighted by Gasteiger charge is -2.21. The normalized spacial score (nSPS) is 13.0. The van der Waals surface area contributed by atoms with Crippen LogP contribution in [0.25, 0.3) is 0 Å². The van der Waals surface area contributed by atoms with E-state index in [1.54, 1.807) is 7.11 Å². The fraction of sp³-hybridized carbons (Fsp3) is 0.400. The molecule has 140 valence electrons. The third-order valence-electron chi connectivity index (χ3n) is 3.93. The second-order valence-electron chi connectivity index (χ2n) is 7.19. The van der Waals surface area contributed by atoms with Crippen molar-refractivity contribution >= 4 is 15.9 Å². The molecular formula is C20H24BrNO4. The Kier molecular flexibility index (Phi) is 5.63. The molecule has 0 saturated carbocycles. The van der Waals surface area contributed by atoms with Crippen molar-refractivity contribution in [1.29, 1.82) is 0 Å². The van der Waals surface area contributed by atoms with Crippen molar-refractivity contribution in [3.8, 4) is 23.0 Å². The minimum atomic E-state index is 0.0498. The van der Waals surface area contributed by atoms with Crippen molar-refractivity contribution < 1.29 is 18.9 Å². The zero-order valence-electron chi connectivity index (χ0n) is 15.5. The Bertz CT molecular complexity index is 786. The van der Waals surface area contributed by atoms with Crippen molar-refractivity contribution in [1.82, 2.24) is 5.32 Å². The average molecular weight is 422 g/mol. The summed E-state index contributed by atoms with van der Waals surface area (Å²) in [5, 5.41) is 3.47. The topological polar surface area (TPSA) is 49.0 Å². The summed E-state index contributed by atoms with van der Waals surface area (Å²) in [6, 6.07) is 9.85. The Balaban J connectivity index is 1.72. The molecule has 1 aliphatic heterocycles. The summed E-state index contributed by atoms with van der Waals surface area (Å²) in [4.78, 5) is 0. The molecule has 0 fully saturated rings. The summed E-state index contributed by atoms with van der Waals surface area (Å²) in [5.41, 5.74) is 2.18. The Labute approximate surface area is 162 Å². The summed E-state index contributed by atoms with van der Waals surface area (Å²) in [7, 11) is 1.65. The number of benzene rings is 2. The molecule has 2 aromatic rings. The van der Waals surface area contributed by atoms with Gasteiger partial charge in [-0.15, -0.1) is 0 Å². The largest absolute Gasteiger partial charge is 0.493 e. The quantitative estimate of drug-likeness (QED) is 0.734. The maximum atomic E-state index is 6.02. The number of rotatable bonds is 6. The molecule has 5 nitrogen and oxygen atoms in total. The molecule has 0 unspecified atom stereocenters. The highest BCUT2D eigenvalue weighted by Crippen LogP contribution is 2.38. The van der Waals surface area contributed by atoms with Crippen LogP contribution in [0.1, 0.15) is 31.9 Å². The van der Waals surface area contributed by atoms with Crippen LogP contribution < -0.4 is 24.3 Å². The maximum absolute atomic E-state index is 6.02. The smallest absolute Gasteiger partial charge is 0.231 e. The van der Waals surface area contributed by atoms with Crippen molar-refractivity contribution in [3.05, 3.63) is 45.9 Å². The second kappa shape index (κ2) is 7.76. The molecule has 6 heteroatoms. The lowest BCUT2D eigenvalue weighted by Crippen LogP contribution is -2.35. The fourth-order valence-electron chi connectivity index (χ4n) is 2.57. The molecule has 0 aliphatic carbocycles.